The van der Waals surface area contributed by atoms with E-state index in [4.69, 9.17) is 9.72 Å². The maximum absolute atomic E-state index is 12.6. The Hall–Kier alpha value is -3.02. The number of aromatic nitrogens is 2. The number of aryl methyl sites for hydroxylation is 1. The van der Waals surface area contributed by atoms with Crippen molar-refractivity contribution in [3.8, 4) is 0 Å². The second-order valence-electron chi connectivity index (χ2n) is 9.38. The monoisotopic (exact) mass is 420 g/mol. The fraction of sp³-hybridized carbons (Fsp3) is 0.440. The van der Waals surface area contributed by atoms with E-state index in [-0.39, 0.29) is 12.1 Å². The number of amides is 1. The maximum Gasteiger partial charge on any atom is 0.410 e. The maximum atomic E-state index is 12.6. The molecule has 0 spiro atoms. The van der Waals surface area contributed by atoms with Crippen molar-refractivity contribution in [3.05, 3.63) is 59.7 Å². The van der Waals surface area contributed by atoms with Crippen LogP contribution in [0.4, 0.5) is 10.7 Å². The second kappa shape index (κ2) is 8.25. The molecule has 1 saturated heterocycles. The highest BCUT2D eigenvalue weighted by molar-refractivity contribution is 5.79. The van der Waals surface area contributed by atoms with Gasteiger partial charge in [-0.2, -0.15) is 0 Å². The molecule has 1 aromatic heterocycles. The molecule has 1 aliphatic rings. The molecule has 164 valence electrons. The van der Waals surface area contributed by atoms with Crippen LogP contribution in [-0.2, 0) is 11.3 Å². The molecule has 6 heteroatoms. The Balaban J connectivity index is 1.63. The molecule has 0 bridgehead atoms. The largest absolute Gasteiger partial charge is 0.444 e. The predicted octanol–water partition coefficient (Wildman–Crippen LogP) is 4.84. The fourth-order valence-electron chi connectivity index (χ4n) is 4.14. The number of ether oxygens (including phenoxy) is 1. The lowest BCUT2D eigenvalue weighted by Crippen LogP contribution is -2.55. The summed E-state index contributed by atoms with van der Waals surface area (Å²) in [5.74, 6) is 0.959. The van der Waals surface area contributed by atoms with E-state index in [0.717, 1.165) is 30.1 Å². The Morgan fingerprint density at radius 3 is 2.52 bits per heavy atom. The van der Waals surface area contributed by atoms with Gasteiger partial charge in [0.1, 0.15) is 5.60 Å². The third-order valence-electron chi connectivity index (χ3n) is 5.76. The summed E-state index contributed by atoms with van der Waals surface area (Å²) in [6, 6.07) is 16.9. The molecular weight excluding hydrogens is 388 g/mol. The van der Waals surface area contributed by atoms with E-state index in [1.807, 2.05) is 26.8 Å². The van der Waals surface area contributed by atoms with Crippen molar-refractivity contribution in [3.63, 3.8) is 0 Å². The lowest BCUT2D eigenvalue weighted by Gasteiger charge is -2.40. The average molecular weight is 421 g/mol. The zero-order valence-electron chi connectivity index (χ0n) is 19.1. The van der Waals surface area contributed by atoms with Crippen LogP contribution in [0.15, 0.2) is 48.5 Å². The Kier molecular flexibility index (Phi) is 5.65. The minimum absolute atomic E-state index is 0.133. The zero-order valence-corrected chi connectivity index (χ0v) is 19.1. The van der Waals surface area contributed by atoms with Gasteiger partial charge in [0.15, 0.2) is 0 Å². The first kappa shape index (κ1) is 21.2. The van der Waals surface area contributed by atoms with Gasteiger partial charge in [0.2, 0.25) is 5.95 Å². The van der Waals surface area contributed by atoms with Crippen LogP contribution >= 0.6 is 0 Å². The molecule has 1 unspecified atom stereocenters. The van der Waals surface area contributed by atoms with Crippen LogP contribution < -0.4 is 4.90 Å². The lowest BCUT2D eigenvalue weighted by atomic mass is 10.1. The topological polar surface area (TPSA) is 50.6 Å². The van der Waals surface area contributed by atoms with E-state index in [1.165, 1.54) is 11.1 Å². The Morgan fingerprint density at radius 1 is 1.10 bits per heavy atom. The van der Waals surface area contributed by atoms with E-state index in [2.05, 4.69) is 65.8 Å². The molecule has 0 saturated carbocycles. The molecule has 3 aromatic rings. The minimum Gasteiger partial charge on any atom is -0.444 e. The van der Waals surface area contributed by atoms with Crippen molar-refractivity contribution in [2.45, 2.75) is 52.8 Å². The highest BCUT2D eigenvalue weighted by Gasteiger charge is 2.32. The first-order chi connectivity index (χ1) is 14.7. The summed E-state index contributed by atoms with van der Waals surface area (Å²) >= 11 is 0. The van der Waals surface area contributed by atoms with Crippen molar-refractivity contribution in [1.82, 2.24) is 14.5 Å². The number of carbonyl (C=O) groups excluding carboxylic acids is 1. The average Bonchev–Trinajstić information content (AvgIpc) is 3.06. The van der Waals surface area contributed by atoms with Crippen LogP contribution in [-0.4, -0.2) is 51.8 Å². The summed E-state index contributed by atoms with van der Waals surface area (Å²) in [5.41, 5.74) is 4.19. The van der Waals surface area contributed by atoms with Gasteiger partial charge >= 0.3 is 6.09 Å². The summed E-state index contributed by atoms with van der Waals surface area (Å²) in [6.45, 7) is 12.7. The predicted molar refractivity (Wildman–Crippen MR) is 125 cm³/mol. The van der Waals surface area contributed by atoms with Crippen LogP contribution in [0.5, 0.6) is 0 Å². The van der Waals surface area contributed by atoms with Crippen molar-refractivity contribution < 1.29 is 9.53 Å². The molecule has 1 aliphatic heterocycles. The number of imidazole rings is 1. The Labute approximate surface area is 184 Å². The smallest absolute Gasteiger partial charge is 0.410 e. The third kappa shape index (κ3) is 4.53. The van der Waals surface area contributed by atoms with Crippen molar-refractivity contribution >= 4 is 23.1 Å². The first-order valence-corrected chi connectivity index (χ1v) is 11.0. The van der Waals surface area contributed by atoms with E-state index >= 15 is 0 Å². The van der Waals surface area contributed by atoms with Gasteiger partial charge in [-0.05, 0) is 57.9 Å². The van der Waals surface area contributed by atoms with E-state index in [0.29, 0.717) is 13.1 Å². The van der Waals surface area contributed by atoms with E-state index < -0.39 is 5.60 Å². The second-order valence-corrected chi connectivity index (χ2v) is 9.38. The van der Waals surface area contributed by atoms with Gasteiger partial charge in [0.05, 0.1) is 17.6 Å². The molecule has 1 fully saturated rings. The molecule has 1 amide bonds. The molecule has 0 radical (unpaired) electrons. The quantitative estimate of drug-likeness (QED) is 0.608. The van der Waals surface area contributed by atoms with Gasteiger partial charge in [0.25, 0.3) is 0 Å². The summed E-state index contributed by atoms with van der Waals surface area (Å²) in [7, 11) is 0. The SMILES string of the molecule is Cc1ccccc1Cn1c(N2CCN(C(=O)OC(C)(C)C)CC2C)nc2ccccc21. The normalized spacial score (nSPS) is 17.3. The van der Waals surface area contributed by atoms with Gasteiger partial charge < -0.3 is 19.1 Å². The van der Waals surface area contributed by atoms with Gasteiger partial charge in [-0.15, -0.1) is 0 Å². The number of nitrogens with zero attached hydrogens (tertiary/aromatic N) is 4. The number of para-hydroxylation sites is 2. The molecule has 0 aliphatic carbocycles. The molecule has 2 aromatic carbocycles. The molecule has 31 heavy (non-hydrogen) atoms. The summed E-state index contributed by atoms with van der Waals surface area (Å²) in [5, 5.41) is 0. The van der Waals surface area contributed by atoms with E-state index in [9.17, 15) is 4.79 Å². The van der Waals surface area contributed by atoms with Gasteiger partial charge in [-0.1, -0.05) is 36.4 Å². The van der Waals surface area contributed by atoms with Crippen LogP contribution in [0.25, 0.3) is 11.0 Å². The van der Waals surface area contributed by atoms with Crippen LogP contribution in [0.3, 0.4) is 0 Å². The number of anilines is 1. The molecule has 4 rings (SSSR count). The number of benzene rings is 2. The van der Waals surface area contributed by atoms with Crippen molar-refractivity contribution in [2.75, 3.05) is 24.5 Å². The van der Waals surface area contributed by atoms with Gasteiger partial charge in [-0.3, -0.25) is 0 Å². The Morgan fingerprint density at radius 2 is 1.81 bits per heavy atom. The van der Waals surface area contributed by atoms with Crippen molar-refractivity contribution in [1.29, 1.82) is 0 Å². The highest BCUT2D eigenvalue weighted by atomic mass is 16.6. The molecule has 6 nitrogen and oxygen atoms in total. The number of hydrogen-bond donors (Lipinski definition) is 0. The highest BCUT2D eigenvalue weighted by Crippen LogP contribution is 2.28. The number of rotatable bonds is 3. The fourth-order valence-corrected chi connectivity index (χ4v) is 4.14. The van der Waals surface area contributed by atoms with Crippen molar-refractivity contribution in [2.24, 2.45) is 0 Å². The van der Waals surface area contributed by atoms with Crippen LogP contribution in [0, 0.1) is 6.92 Å². The number of hydrogen-bond acceptors (Lipinski definition) is 4. The number of fused-ring (bicyclic) bond motifs is 1. The zero-order chi connectivity index (χ0) is 22.2. The summed E-state index contributed by atoms with van der Waals surface area (Å²) < 4.78 is 7.88. The third-order valence-corrected chi connectivity index (χ3v) is 5.76. The first-order valence-electron chi connectivity index (χ1n) is 11.0. The molecule has 0 N–H and O–H groups in total. The minimum atomic E-state index is -0.487. The van der Waals surface area contributed by atoms with E-state index in [1.54, 1.807) is 4.90 Å². The summed E-state index contributed by atoms with van der Waals surface area (Å²) in [4.78, 5) is 21.7. The number of piperazine rings is 1. The van der Waals surface area contributed by atoms with Gasteiger partial charge in [-0.25, -0.2) is 9.78 Å². The standard InChI is InChI=1S/C25H32N4O2/c1-18-10-6-7-11-20(18)17-29-22-13-9-8-12-21(22)26-23(29)28-15-14-27(16-19(28)2)24(30)31-25(3,4)5/h6-13,19H,14-17H2,1-5H3. The lowest BCUT2D eigenvalue weighted by molar-refractivity contribution is 0.0218. The molecule has 1 atom stereocenters. The van der Waals surface area contributed by atoms with Gasteiger partial charge in [0, 0.05) is 25.7 Å². The molecule has 2 heterocycles. The van der Waals surface area contributed by atoms with Crippen LogP contribution in [0.1, 0.15) is 38.8 Å². The Bertz CT molecular complexity index is 1080. The molecular formula is C25H32N4O2. The summed E-state index contributed by atoms with van der Waals surface area (Å²) in [6.07, 6.45) is -0.243. The van der Waals surface area contributed by atoms with Crippen LogP contribution in [0.2, 0.25) is 0 Å². The number of carbonyl (C=O) groups is 1.